The van der Waals surface area contributed by atoms with Crippen molar-refractivity contribution < 1.29 is 34.4 Å². The van der Waals surface area contributed by atoms with E-state index >= 15 is 0 Å². The average molecular weight is 1040 g/mol. The van der Waals surface area contributed by atoms with E-state index in [4.69, 9.17) is 15.5 Å². The number of hydrogen-bond donors (Lipinski definition) is 1. The fourth-order valence-electron chi connectivity index (χ4n) is 8.63. The Hall–Kier alpha value is -5.57. The molecule has 0 saturated carbocycles. The van der Waals surface area contributed by atoms with Gasteiger partial charge in [-0.25, -0.2) is 4.98 Å². The Morgan fingerprint density at radius 2 is 1.32 bits per heavy atom. The molecule has 336 valence electrons. The van der Waals surface area contributed by atoms with E-state index in [0.717, 1.165) is 61.3 Å². The summed E-state index contributed by atoms with van der Waals surface area (Å²) >= 11 is 0. The Morgan fingerprint density at radius 1 is 0.631 bits per heavy atom. The van der Waals surface area contributed by atoms with Gasteiger partial charge in [0, 0.05) is 46.9 Å². The van der Waals surface area contributed by atoms with Crippen molar-refractivity contribution in [1.29, 1.82) is 0 Å². The van der Waals surface area contributed by atoms with Crippen molar-refractivity contribution >= 4 is 11.0 Å². The van der Waals surface area contributed by atoms with Crippen LogP contribution in [-0.2, 0) is 31.9 Å². The van der Waals surface area contributed by atoms with Crippen LogP contribution in [0, 0.1) is 12.9 Å². The second-order valence-corrected chi connectivity index (χ2v) is 19.8. The largest absolute Gasteiger partial charge is 0.507 e. The smallest absolute Gasteiger partial charge is 0.148 e. The Balaban J connectivity index is 0.00000741. The van der Waals surface area contributed by atoms with Crippen LogP contribution in [0.4, 0.5) is 0 Å². The van der Waals surface area contributed by atoms with Crippen LogP contribution in [0.15, 0.2) is 128 Å². The van der Waals surface area contributed by atoms with Gasteiger partial charge in [0.05, 0.1) is 16.6 Å². The van der Waals surface area contributed by atoms with Crippen molar-refractivity contribution in [3.8, 4) is 67.5 Å². The van der Waals surface area contributed by atoms with Crippen molar-refractivity contribution in [2.45, 2.75) is 118 Å². The first-order chi connectivity index (χ1) is 32.4. The fourth-order valence-corrected chi connectivity index (χ4v) is 8.63. The molecule has 0 unspecified atom stereocenters. The van der Waals surface area contributed by atoms with Gasteiger partial charge in [0.15, 0.2) is 0 Å². The Morgan fingerprint density at radius 3 is 1.98 bits per heavy atom. The third kappa shape index (κ3) is 9.43. The van der Waals surface area contributed by atoms with Gasteiger partial charge in [0.2, 0.25) is 0 Å². The van der Waals surface area contributed by atoms with Crippen LogP contribution in [0.5, 0.6) is 5.75 Å². The Bertz CT molecular complexity index is 3280. The van der Waals surface area contributed by atoms with Crippen LogP contribution in [0.25, 0.3) is 72.7 Å². The number of benzene rings is 6. The maximum atomic E-state index is 12.4. The van der Waals surface area contributed by atoms with Crippen LogP contribution in [0.1, 0.15) is 142 Å². The van der Waals surface area contributed by atoms with Gasteiger partial charge in [-0.3, -0.25) is 9.55 Å². The molecule has 8 rings (SSSR count). The zero-order valence-electron chi connectivity index (χ0n) is 45.7. The van der Waals surface area contributed by atoms with E-state index in [1.54, 1.807) is 52.1 Å². The minimum atomic E-state index is -2.20. The fraction of sp³-hybridized carbons (Fsp3) is 0.300. The van der Waals surface area contributed by atoms with Crippen LogP contribution < -0.4 is 0 Å². The second-order valence-electron chi connectivity index (χ2n) is 19.8. The molecule has 0 saturated heterocycles. The third-order valence-electron chi connectivity index (χ3n) is 12.3. The Labute approximate surface area is 410 Å². The molecule has 2 aromatic heterocycles. The SMILES string of the molecule is [2H]C([2H])([2H])c1ccc(-c2ccnc(-c3[c-]c(-c4cccc5c4nc(-c4cc(C([2H])(C)C)cc(C([2H])(C)C)c4O)n5-c4ccc(-c5ccccc5C(C)(C)C)c(C([2H])(C)C)c4)cc(C(C)(C)C)c3)c2)cc1.[Pt]. The average Bonchev–Trinajstić information content (AvgIpc) is 3.66. The van der Waals surface area contributed by atoms with Crippen molar-refractivity contribution in [3.63, 3.8) is 0 Å². The number of phenols is 1. The third-order valence-corrected chi connectivity index (χ3v) is 12.3. The minimum Gasteiger partial charge on any atom is -0.507 e. The molecule has 0 atom stereocenters. The summed E-state index contributed by atoms with van der Waals surface area (Å²) in [6.45, 7) is 21.8. The van der Waals surface area contributed by atoms with Crippen LogP contribution in [0.3, 0.4) is 0 Å². The number of phenolic OH excluding ortho intramolecular Hbond substituents is 1. The molecule has 5 heteroatoms. The van der Waals surface area contributed by atoms with Crippen LogP contribution in [-0.4, -0.2) is 19.6 Å². The van der Waals surface area contributed by atoms with Crippen molar-refractivity contribution in [3.05, 3.63) is 167 Å². The summed E-state index contributed by atoms with van der Waals surface area (Å²) in [7, 11) is 0. The van der Waals surface area contributed by atoms with E-state index in [1.807, 2.05) is 73.0 Å². The molecule has 4 nitrogen and oxygen atoms in total. The van der Waals surface area contributed by atoms with Crippen LogP contribution >= 0.6 is 0 Å². The molecule has 1 N–H and O–H groups in total. The van der Waals surface area contributed by atoms with Gasteiger partial charge >= 0.3 is 0 Å². The summed E-state index contributed by atoms with van der Waals surface area (Å²) in [6, 6.07) is 43.2. The molecule has 0 aliphatic rings. The van der Waals surface area contributed by atoms with Gasteiger partial charge in [0.25, 0.3) is 0 Å². The molecule has 0 fully saturated rings. The predicted molar refractivity (Wildman–Crippen MR) is 271 cm³/mol. The number of para-hydroxylation sites is 1. The van der Waals surface area contributed by atoms with E-state index in [9.17, 15) is 7.85 Å². The van der Waals surface area contributed by atoms with E-state index in [0.29, 0.717) is 33.7 Å². The number of nitrogens with zero attached hydrogens (tertiary/aromatic N) is 3. The molecule has 8 aromatic rings. The molecule has 6 aromatic carbocycles. The zero-order valence-corrected chi connectivity index (χ0v) is 42.0. The van der Waals surface area contributed by atoms with Crippen molar-refractivity contribution in [2.75, 3.05) is 0 Å². The van der Waals surface area contributed by atoms with Gasteiger partial charge in [0.1, 0.15) is 11.6 Å². The molecule has 0 radical (unpaired) electrons. The molecular weight excluding hydrogens is 974 g/mol. The maximum Gasteiger partial charge on any atom is 0.148 e. The number of aromatic hydroxyl groups is 1. The predicted octanol–water partition coefficient (Wildman–Crippen LogP) is 16.5. The van der Waals surface area contributed by atoms with E-state index in [-0.39, 0.29) is 43.2 Å². The molecule has 0 amide bonds. The number of pyridine rings is 1. The minimum absolute atomic E-state index is 0. The van der Waals surface area contributed by atoms with Gasteiger partial charge in [-0.15, -0.1) is 29.3 Å². The van der Waals surface area contributed by atoms with E-state index < -0.39 is 24.5 Å². The standard InChI is InChI=1S/C60H64N3O.Pt/c1-36(2)42-32-51(38(5)6)57(64)52(33-42)58-62-56-47(43-29-44(31-45(30-43)59(8,9)10)54-34-41(27-28-61-54)40-23-21-39(7)22-24-40)18-16-20-55(56)63(58)46-25-26-48(50(35-46)37(3)4)49-17-14-15-19-53(49)60(11,12)13;/h14-28,30-38,64H,1-13H3;/q-1;/i7D3,36D,37D,38D;. The molecule has 0 spiro atoms. The summed E-state index contributed by atoms with van der Waals surface area (Å²) in [4.78, 5) is 10.3. The normalized spacial score (nSPS) is 14.2. The second kappa shape index (κ2) is 18.4. The number of aryl methyl sites for hydroxylation is 1. The van der Waals surface area contributed by atoms with Gasteiger partial charge in [-0.1, -0.05) is 179 Å². The summed E-state index contributed by atoms with van der Waals surface area (Å²) in [5.41, 5.74) is 13.3. The van der Waals surface area contributed by atoms with Gasteiger partial charge < -0.3 is 5.11 Å². The van der Waals surface area contributed by atoms with E-state index in [1.165, 1.54) is 5.56 Å². The molecular formula is C60H64N3OPt-. The molecule has 65 heavy (non-hydrogen) atoms. The number of rotatable bonds is 9. The summed E-state index contributed by atoms with van der Waals surface area (Å²) in [5, 5.41) is 12.4. The summed E-state index contributed by atoms with van der Waals surface area (Å²) in [5.74, 6) is -2.95. The zero-order chi connectivity index (χ0) is 51.1. The van der Waals surface area contributed by atoms with Crippen molar-refractivity contribution in [2.24, 2.45) is 0 Å². The first kappa shape index (κ1) is 39.8. The maximum absolute atomic E-state index is 12.4. The van der Waals surface area contributed by atoms with Crippen molar-refractivity contribution in [1.82, 2.24) is 14.5 Å². The number of aromatic nitrogens is 3. The number of fused-ring (bicyclic) bond motifs is 1. The number of imidazole rings is 1. The van der Waals surface area contributed by atoms with Gasteiger partial charge in [-0.2, -0.15) is 0 Å². The Kier molecular flexibility index (Phi) is 11.2. The molecule has 2 heterocycles. The number of hydrogen-bond acceptors (Lipinski definition) is 3. The van der Waals surface area contributed by atoms with E-state index in [2.05, 4.69) is 96.1 Å². The molecule has 0 aliphatic carbocycles. The molecule has 0 aliphatic heterocycles. The summed E-state index contributed by atoms with van der Waals surface area (Å²) in [6.07, 6.45) is 1.76. The summed E-state index contributed by atoms with van der Waals surface area (Å²) < 4.78 is 53.5. The molecule has 0 bridgehead atoms. The van der Waals surface area contributed by atoms with Gasteiger partial charge in [-0.05, 0) is 110 Å². The topological polar surface area (TPSA) is 50.9 Å². The first-order valence-corrected chi connectivity index (χ1v) is 22.2. The monoisotopic (exact) mass is 1040 g/mol. The van der Waals surface area contributed by atoms with Crippen LogP contribution in [0.2, 0.25) is 0 Å². The quantitative estimate of drug-likeness (QED) is 0.147. The first-order valence-electron chi connectivity index (χ1n) is 25.2.